The summed E-state index contributed by atoms with van der Waals surface area (Å²) in [4.78, 5) is 36.7. The molecular weight excluding hydrogens is 429 g/mol. The highest BCUT2D eigenvalue weighted by atomic mass is 35.5. The summed E-state index contributed by atoms with van der Waals surface area (Å²) < 4.78 is 8.38. The van der Waals surface area contributed by atoms with E-state index in [0.717, 1.165) is 0 Å². The van der Waals surface area contributed by atoms with E-state index in [1.807, 2.05) is 0 Å². The Labute approximate surface area is 180 Å². The van der Waals surface area contributed by atoms with Crippen molar-refractivity contribution in [2.75, 3.05) is 7.11 Å². The van der Waals surface area contributed by atoms with Gasteiger partial charge in [-0.2, -0.15) is 0 Å². The van der Waals surface area contributed by atoms with Crippen LogP contribution in [-0.2, 0) is 10.5 Å². The van der Waals surface area contributed by atoms with Crippen molar-refractivity contribution in [2.24, 2.45) is 0 Å². The lowest BCUT2D eigenvalue weighted by Crippen LogP contribution is -2.42. The Morgan fingerprint density at radius 3 is 2.47 bits per heavy atom. The molecule has 0 radical (unpaired) electrons. The molecule has 0 amide bonds. The molecule has 0 aliphatic carbocycles. The van der Waals surface area contributed by atoms with Crippen LogP contribution in [0.3, 0.4) is 0 Å². The van der Waals surface area contributed by atoms with Crippen molar-refractivity contribution in [1.29, 1.82) is 0 Å². The van der Waals surface area contributed by atoms with Crippen LogP contribution < -0.4 is 11.2 Å². The maximum atomic E-state index is 12.9. The molecule has 0 saturated heterocycles. The molecule has 10 heteroatoms. The number of rotatable bonds is 4. The van der Waals surface area contributed by atoms with Gasteiger partial charge in [0.05, 0.1) is 16.9 Å². The molecule has 0 aliphatic rings. The monoisotopic (exact) mass is 445 g/mol. The van der Waals surface area contributed by atoms with Gasteiger partial charge in [-0.15, -0.1) is 0 Å². The van der Waals surface area contributed by atoms with E-state index in [0.29, 0.717) is 27.3 Å². The normalized spacial score (nSPS) is 11.9. The first-order chi connectivity index (χ1) is 14.2. The number of hydrogen-bond acceptors (Lipinski definition) is 5. The fourth-order valence-electron chi connectivity index (χ4n) is 3.24. The molecule has 4 aromatic rings. The van der Waals surface area contributed by atoms with E-state index in [1.165, 1.54) is 17.9 Å². The lowest BCUT2D eigenvalue weighted by Gasteiger charge is -2.25. The number of H-pyrrole nitrogens is 1. The third-order valence-corrected chi connectivity index (χ3v) is 5.39. The first-order valence-electron chi connectivity index (χ1n) is 8.95. The van der Waals surface area contributed by atoms with Gasteiger partial charge in [0, 0.05) is 12.7 Å². The van der Waals surface area contributed by atoms with Gasteiger partial charge in [-0.25, -0.2) is 19.3 Å². The van der Waals surface area contributed by atoms with Crippen LogP contribution in [0.2, 0.25) is 10.2 Å². The van der Waals surface area contributed by atoms with Crippen LogP contribution in [0.1, 0.15) is 13.8 Å². The van der Waals surface area contributed by atoms with Gasteiger partial charge in [0.15, 0.2) is 11.2 Å². The highest BCUT2D eigenvalue weighted by Crippen LogP contribution is 2.32. The molecular formula is C20H17Cl2N5O3. The lowest BCUT2D eigenvalue weighted by molar-refractivity contribution is -0.0454. The summed E-state index contributed by atoms with van der Waals surface area (Å²) in [7, 11) is 1.47. The molecule has 4 rings (SSSR count). The molecule has 0 unspecified atom stereocenters. The largest absolute Gasteiger partial charge is 0.359 e. The fraction of sp³-hybridized carbons (Fsp3) is 0.200. The SMILES string of the molecule is COC(C)(C)n1c(=O)[nH]c(=O)c2c1nc(-c1ccccc1Cl)n2-c1ccc(Cl)nc1. The molecule has 1 aromatic carbocycles. The first-order valence-corrected chi connectivity index (χ1v) is 9.70. The molecule has 1 N–H and O–H groups in total. The van der Waals surface area contributed by atoms with Crippen molar-refractivity contribution in [3.63, 3.8) is 0 Å². The molecule has 0 saturated carbocycles. The minimum atomic E-state index is -1.07. The lowest BCUT2D eigenvalue weighted by atomic mass is 10.2. The molecule has 154 valence electrons. The zero-order valence-corrected chi connectivity index (χ0v) is 17.8. The van der Waals surface area contributed by atoms with Crippen LogP contribution in [0.5, 0.6) is 0 Å². The summed E-state index contributed by atoms with van der Waals surface area (Å²) in [6.45, 7) is 3.40. The van der Waals surface area contributed by atoms with Crippen LogP contribution >= 0.6 is 23.2 Å². The van der Waals surface area contributed by atoms with Gasteiger partial charge >= 0.3 is 5.69 Å². The summed E-state index contributed by atoms with van der Waals surface area (Å²) in [6, 6.07) is 10.4. The second kappa shape index (κ2) is 7.39. The average Bonchev–Trinajstić information content (AvgIpc) is 3.09. The Hall–Kier alpha value is -2.94. The molecule has 3 heterocycles. The molecule has 0 atom stereocenters. The summed E-state index contributed by atoms with van der Waals surface area (Å²) in [5.74, 6) is 0.372. The van der Waals surface area contributed by atoms with Crippen molar-refractivity contribution < 1.29 is 4.74 Å². The molecule has 0 bridgehead atoms. The topological polar surface area (TPSA) is 94.8 Å². The Morgan fingerprint density at radius 2 is 1.83 bits per heavy atom. The van der Waals surface area contributed by atoms with Crippen LogP contribution in [0.25, 0.3) is 28.2 Å². The standard InChI is InChI=1S/C20H17Cl2N5O3/c1-20(2,30-3)27-17-15(18(28)25-19(27)29)26(11-8-9-14(22)23-10-11)16(24-17)12-6-4-5-7-13(12)21/h4-10H,1-3H3,(H,25,28,29). The van der Waals surface area contributed by atoms with E-state index in [4.69, 9.17) is 27.9 Å². The Morgan fingerprint density at radius 1 is 1.10 bits per heavy atom. The minimum absolute atomic E-state index is 0.152. The molecule has 0 spiro atoms. The van der Waals surface area contributed by atoms with Gasteiger partial charge in [-0.05, 0) is 38.1 Å². The average molecular weight is 446 g/mol. The fourth-order valence-corrected chi connectivity index (χ4v) is 3.57. The van der Waals surface area contributed by atoms with E-state index in [2.05, 4.69) is 15.0 Å². The Balaban J connectivity index is 2.22. The molecule has 0 fully saturated rings. The maximum absolute atomic E-state index is 12.9. The number of aromatic nitrogens is 5. The molecule has 8 nitrogen and oxygen atoms in total. The van der Waals surface area contributed by atoms with E-state index >= 15 is 0 Å². The summed E-state index contributed by atoms with van der Waals surface area (Å²) in [5.41, 5.74) is -0.891. The van der Waals surface area contributed by atoms with Crippen LogP contribution in [0, 0.1) is 0 Å². The second-order valence-electron chi connectivity index (χ2n) is 7.01. The van der Waals surface area contributed by atoms with E-state index < -0.39 is 17.0 Å². The number of fused-ring (bicyclic) bond motifs is 1. The number of methoxy groups -OCH3 is 1. The van der Waals surface area contributed by atoms with Crippen LogP contribution in [-0.4, -0.2) is 31.2 Å². The number of ether oxygens (including phenoxy) is 1. The maximum Gasteiger partial charge on any atom is 0.332 e. The predicted octanol–water partition coefficient (Wildman–Crippen LogP) is 3.58. The first kappa shape index (κ1) is 20.3. The number of pyridine rings is 1. The molecule has 0 aliphatic heterocycles. The smallest absolute Gasteiger partial charge is 0.332 e. The van der Waals surface area contributed by atoms with E-state index in [9.17, 15) is 9.59 Å². The Bertz CT molecular complexity index is 1370. The zero-order valence-electron chi connectivity index (χ0n) is 16.3. The molecule has 3 aromatic heterocycles. The van der Waals surface area contributed by atoms with Crippen LogP contribution in [0.4, 0.5) is 0 Å². The van der Waals surface area contributed by atoms with Crippen molar-refractivity contribution in [3.05, 3.63) is 73.6 Å². The van der Waals surface area contributed by atoms with Crippen molar-refractivity contribution in [3.8, 4) is 17.1 Å². The second-order valence-corrected chi connectivity index (χ2v) is 7.80. The van der Waals surface area contributed by atoms with Gasteiger partial charge < -0.3 is 4.74 Å². The highest BCUT2D eigenvalue weighted by molar-refractivity contribution is 6.33. The quantitative estimate of drug-likeness (QED) is 0.484. The van der Waals surface area contributed by atoms with Crippen LogP contribution in [0.15, 0.2) is 52.2 Å². The summed E-state index contributed by atoms with van der Waals surface area (Å²) in [6.07, 6.45) is 1.51. The van der Waals surface area contributed by atoms with Crippen molar-refractivity contribution in [2.45, 2.75) is 19.6 Å². The summed E-state index contributed by atoms with van der Waals surface area (Å²) in [5, 5.41) is 0.737. The van der Waals surface area contributed by atoms with Crippen molar-refractivity contribution >= 4 is 34.4 Å². The third-order valence-electron chi connectivity index (χ3n) is 4.83. The number of benzene rings is 1. The van der Waals surface area contributed by atoms with Crippen molar-refractivity contribution in [1.82, 2.24) is 24.1 Å². The van der Waals surface area contributed by atoms with Gasteiger partial charge in [0.1, 0.15) is 16.7 Å². The van der Waals surface area contributed by atoms with Gasteiger partial charge in [0.2, 0.25) is 0 Å². The van der Waals surface area contributed by atoms with E-state index in [1.54, 1.807) is 54.8 Å². The van der Waals surface area contributed by atoms with E-state index in [-0.39, 0.29) is 11.2 Å². The third kappa shape index (κ3) is 3.23. The number of imidazole rings is 1. The number of halogens is 2. The summed E-state index contributed by atoms with van der Waals surface area (Å²) >= 11 is 12.4. The zero-order chi connectivity index (χ0) is 21.6. The number of nitrogens with one attached hydrogen (secondary N) is 1. The molecule has 30 heavy (non-hydrogen) atoms. The highest BCUT2D eigenvalue weighted by Gasteiger charge is 2.29. The van der Waals surface area contributed by atoms with Gasteiger partial charge in [-0.3, -0.25) is 14.3 Å². The number of nitrogens with zero attached hydrogens (tertiary/aromatic N) is 4. The predicted molar refractivity (Wildman–Crippen MR) is 116 cm³/mol. The van der Waals surface area contributed by atoms with Gasteiger partial charge in [0.25, 0.3) is 5.56 Å². The van der Waals surface area contributed by atoms with Gasteiger partial charge in [-0.1, -0.05) is 35.3 Å². The number of hydrogen-bond donors (Lipinski definition) is 1. The Kier molecular flexibility index (Phi) is 5.01. The number of aromatic amines is 1. The minimum Gasteiger partial charge on any atom is -0.359 e.